The van der Waals surface area contributed by atoms with Gasteiger partial charge in [-0.25, -0.2) is 0 Å². The fourth-order valence-electron chi connectivity index (χ4n) is 1.99. The molecule has 0 fully saturated rings. The highest BCUT2D eigenvalue weighted by atomic mass is 16.5. The van der Waals surface area contributed by atoms with E-state index in [2.05, 4.69) is 15.4 Å². The third-order valence-corrected chi connectivity index (χ3v) is 3.17. The van der Waals surface area contributed by atoms with E-state index >= 15 is 0 Å². The van der Waals surface area contributed by atoms with Crippen molar-refractivity contribution < 1.29 is 9.53 Å². The van der Waals surface area contributed by atoms with E-state index in [1.165, 1.54) is 4.80 Å². The van der Waals surface area contributed by atoms with Crippen LogP contribution in [0.15, 0.2) is 24.3 Å². The van der Waals surface area contributed by atoms with E-state index < -0.39 is 0 Å². The Morgan fingerprint density at radius 3 is 2.76 bits per heavy atom. The lowest BCUT2D eigenvalue weighted by atomic mass is 10.2. The number of aromatic nitrogens is 4. The second-order valence-electron chi connectivity index (χ2n) is 4.44. The molecule has 1 amide bonds. The second kappa shape index (κ2) is 6.83. The highest BCUT2D eigenvalue weighted by molar-refractivity contribution is 5.75. The van der Waals surface area contributed by atoms with Gasteiger partial charge in [-0.15, -0.1) is 10.2 Å². The highest BCUT2D eigenvalue weighted by Gasteiger charge is 2.13. The summed E-state index contributed by atoms with van der Waals surface area (Å²) in [5.74, 6) is 1.18. The number of carbonyl (C=O) groups excluding carboxylic acids is 1. The Hall–Kier alpha value is -2.44. The predicted molar refractivity (Wildman–Crippen MR) is 77.7 cm³/mol. The van der Waals surface area contributed by atoms with Gasteiger partial charge >= 0.3 is 0 Å². The largest absolute Gasteiger partial charge is 0.497 e. The summed E-state index contributed by atoms with van der Waals surface area (Å²) in [4.78, 5) is 15.0. The van der Waals surface area contributed by atoms with Crippen LogP contribution in [-0.4, -0.2) is 51.2 Å². The quantitative estimate of drug-likeness (QED) is 0.799. The smallest absolute Gasteiger partial charge is 0.246 e. The van der Waals surface area contributed by atoms with Crippen LogP contribution in [0.25, 0.3) is 11.4 Å². The average Bonchev–Trinajstić information content (AvgIpc) is 2.97. The molecular formula is C14H19N5O2. The fraction of sp³-hybridized carbons (Fsp3) is 0.429. The average molecular weight is 289 g/mol. The SMILES string of the molecule is CCN(CC)C(=O)Cn1nnc(-c2cccc(OC)c2)n1. The summed E-state index contributed by atoms with van der Waals surface area (Å²) in [6.45, 7) is 5.33. The number of tetrazole rings is 1. The second-order valence-corrected chi connectivity index (χ2v) is 4.44. The Kier molecular flexibility index (Phi) is 4.86. The van der Waals surface area contributed by atoms with Crippen molar-refractivity contribution >= 4 is 5.91 Å². The zero-order valence-corrected chi connectivity index (χ0v) is 12.5. The van der Waals surface area contributed by atoms with Crippen LogP contribution in [0.2, 0.25) is 0 Å². The third kappa shape index (κ3) is 3.56. The first-order chi connectivity index (χ1) is 10.2. The number of likely N-dealkylation sites (N-methyl/N-ethyl adjacent to an activating group) is 1. The molecule has 2 aromatic rings. The van der Waals surface area contributed by atoms with Gasteiger partial charge in [0.1, 0.15) is 12.3 Å². The van der Waals surface area contributed by atoms with Crippen LogP contribution in [0.1, 0.15) is 13.8 Å². The van der Waals surface area contributed by atoms with Crippen molar-refractivity contribution in [2.75, 3.05) is 20.2 Å². The predicted octanol–water partition coefficient (Wildman–Crippen LogP) is 1.22. The molecule has 1 aromatic heterocycles. The first-order valence-corrected chi connectivity index (χ1v) is 6.88. The van der Waals surface area contributed by atoms with E-state index in [-0.39, 0.29) is 12.5 Å². The van der Waals surface area contributed by atoms with Gasteiger partial charge in [0.05, 0.1) is 7.11 Å². The highest BCUT2D eigenvalue weighted by Crippen LogP contribution is 2.19. The van der Waals surface area contributed by atoms with Crippen molar-refractivity contribution in [2.45, 2.75) is 20.4 Å². The normalized spacial score (nSPS) is 10.4. The first kappa shape index (κ1) is 15.0. The first-order valence-electron chi connectivity index (χ1n) is 6.88. The maximum absolute atomic E-state index is 12.0. The number of hydrogen-bond donors (Lipinski definition) is 0. The fourth-order valence-corrected chi connectivity index (χ4v) is 1.99. The lowest BCUT2D eigenvalue weighted by molar-refractivity contribution is -0.131. The van der Waals surface area contributed by atoms with Gasteiger partial charge in [-0.2, -0.15) is 4.80 Å². The van der Waals surface area contributed by atoms with Gasteiger partial charge in [0, 0.05) is 18.7 Å². The summed E-state index contributed by atoms with van der Waals surface area (Å²) in [5, 5.41) is 12.1. The van der Waals surface area contributed by atoms with Crippen molar-refractivity contribution in [3.05, 3.63) is 24.3 Å². The number of rotatable bonds is 6. The van der Waals surface area contributed by atoms with Gasteiger partial charge < -0.3 is 9.64 Å². The van der Waals surface area contributed by atoms with Crippen molar-refractivity contribution in [3.63, 3.8) is 0 Å². The summed E-state index contributed by atoms with van der Waals surface area (Å²) in [6.07, 6.45) is 0. The number of methoxy groups -OCH3 is 1. The van der Waals surface area contributed by atoms with Gasteiger partial charge in [-0.3, -0.25) is 4.79 Å². The van der Waals surface area contributed by atoms with Crippen LogP contribution in [-0.2, 0) is 11.3 Å². The molecule has 2 rings (SSSR count). The van der Waals surface area contributed by atoms with E-state index in [4.69, 9.17) is 4.74 Å². The molecule has 112 valence electrons. The molecular weight excluding hydrogens is 270 g/mol. The molecule has 0 aliphatic heterocycles. The molecule has 1 aromatic carbocycles. The third-order valence-electron chi connectivity index (χ3n) is 3.17. The van der Waals surface area contributed by atoms with Crippen molar-refractivity contribution in [3.8, 4) is 17.1 Å². The van der Waals surface area contributed by atoms with Crippen molar-refractivity contribution in [1.82, 2.24) is 25.1 Å². The minimum atomic E-state index is -0.0189. The molecule has 0 bridgehead atoms. The number of hydrogen-bond acceptors (Lipinski definition) is 5. The summed E-state index contributed by atoms with van der Waals surface area (Å²) < 4.78 is 5.16. The minimum absolute atomic E-state index is 0.0189. The number of amides is 1. The molecule has 0 N–H and O–H groups in total. The molecule has 7 heteroatoms. The molecule has 0 saturated carbocycles. The molecule has 0 atom stereocenters. The molecule has 7 nitrogen and oxygen atoms in total. The molecule has 0 unspecified atom stereocenters. The molecule has 21 heavy (non-hydrogen) atoms. The van der Waals surface area contributed by atoms with Crippen LogP contribution in [0.5, 0.6) is 5.75 Å². The van der Waals surface area contributed by atoms with Crippen LogP contribution in [0, 0.1) is 0 Å². The maximum atomic E-state index is 12.0. The molecule has 0 radical (unpaired) electrons. The summed E-state index contributed by atoms with van der Waals surface area (Å²) in [5.41, 5.74) is 0.802. The topological polar surface area (TPSA) is 73.1 Å². The number of carbonyl (C=O) groups is 1. The zero-order chi connectivity index (χ0) is 15.2. The van der Waals surface area contributed by atoms with Gasteiger partial charge in [-0.1, -0.05) is 12.1 Å². The monoisotopic (exact) mass is 289 g/mol. The molecule has 1 heterocycles. The number of nitrogens with zero attached hydrogens (tertiary/aromatic N) is 5. The number of ether oxygens (including phenoxy) is 1. The van der Waals surface area contributed by atoms with Gasteiger partial charge in [0.2, 0.25) is 11.7 Å². The van der Waals surface area contributed by atoms with Crippen LogP contribution >= 0.6 is 0 Å². The van der Waals surface area contributed by atoms with E-state index in [0.717, 1.165) is 11.3 Å². The Labute approximate surface area is 123 Å². The van der Waals surface area contributed by atoms with E-state index in [1.807, 2.05) is 38.1 Å². The van der Waals surface area contributed by atoms with E-state index in [9.17, 15) is 4.79 Å². The Morgan fingerprint density at radius 2 is 2.10 bits per heavy atom. The number of benzene rings is 1. The van der Waals surface area contributed by atoms with Crippen molar-refractivity contribution in [1.29, 1.82) is 0 Å². The summed E-state index contributed by atoms with van der Waals surface area (Å²) in [6, 6.07) is 7.40. The van der Waals surface area contributed by atoms with Gasteiger partial charge in [0.25, 0.3) is 0 Å². The lowest BCUT2D eigenvalue weighted by Gasteiger charge is -2.17. The molecule has 0 spiro atoms. The Balaban J connectivity index is 2.12. The molecule has 0 aliphatic rings. The Morgan fingerprint density at radius 1 is 1.33 bits per heavy atom. The van der Waals surface area contributed by atoms with Crippen molar-refractivity contribution in [2.24, 2.45) is 0 Å². The van der Waals surface area contributed by atoms with Crippen LogP contribution in [0.4, 0.5) is 0 Å². The zero-order valence-electron chi connectivity index (χ0n) is 12.5. The lowest BCUT2D eigenvalue weighted by Crippen LogP contribution is -2.34. The van der Waals surface area contributed by atoms with Gasteiger partial charge in [-0.05, 0) is 31.2 Å². The molecule has 0 saturated heterocycles. The summed E-state index contributed by atoms with van der Waals surface area (Å²) >= 11 is 0. The standard InChI is InChI=1S/C14H19N5O2/c1-4-18(5-2)13(20)10-19-16-14(15-17-19)11-7-6-8-12(9-11)21-3/h6-9H,4-5,10H2,1-3H3. The maximum Gasteiger partial charge on any atom is 0.246 e. The molecule has 0 aliphatic carbocycles. The van der Waals surface area contributed by atoms with E-state index in [0.29, 0.717) is 18.9 Å². The van der Waals surface area contributed by atoms with Gasteiger partial charge in [0.15, 0.2) is 0 Å². The van der Waals surface area contributed by atoms with Crippen LogP contribution in [0.3, 0.4) is 0 Å². The van der Waals surface area contributed by atoms with Crippen LogP contribution < -0.4 is 4.74 Å². The minimum Gasteiger partial charge on any atom is -0.497 e. The summed E-state index contributed by atoms with van der Waals surface area (Å²) in [7, 11) is 1.60. The van der Waals surface area contributed by atoms with E-state index in [1.54, 1.807) is 12.0 Å². The Bertz CT molecular complexity index is 607.